The van der Waals surface area contributed by atoms with Crippen LogP contribution in [-0.2, 0) is 31.2 Å². The summed E-state index contributed by atoms with van der Waals surface area (Å²) in [6, 6.07) is 36.1. The first-order valence-corrected chi connectivity index (χ1v) is 16.4. The molecule has 242 valence electrons. The Kier molecular flexibility index (Phi) is 10.4. The number of hydrogen-bond donors (Lipinski definition) is 0. The van der Waals surface area contributed by atoms with Crippen LogP contribution in [0.25, 0.3) is 0 Å². The molecule has 0 saturated carbocycles. The van der Waals surface area contributed by atoms with E-state index in [9.17, 15) is 4.79 Å². The summed E-state index contributed by atoms with van der Waals surface area (Å²) in [4.78, 5) is 11.3. The van der Waals surface area contributed by atoms with Gasteiger partial charge in [0, 0.05) is 12.5 Å². The van der Waals surface area contributed by atoms with Crippen molar-refractivity contribution in [1.29, 1.82) is 0 Å². The molecule has 3 heteroatoms. The average molecular weight is 617 g/mol. The molecule has 4 aromatic rings. The van der Waals surface area contributed by atoms with E-state index >= 15 is 0 Å². The first kappa shape index (κ1) is 34.8. The van der Waals surface area contributed by atoms with Gasteiger partial charge in [-0.15, -0.1) is 0 Å². The molecule has 0 spiro atoms. The molecule has 0 saturated heterocycles. The van der Waals surface area contributed by atoms with Crippen LogP contribution in [0.15, 0.2) is 110 Å². The van der Waals surface area contributed by atoms with Gasteiger partial charge in [-0.2, -0.15) is 0 Å². The minimum absolute atomic E-state index is 0.0485. The SMILES string of the molecule is C=CC(=O)OCCCOc1ccc(C(c2ccc(C(C)(C)C)cc2)(c2ccc(C(C)(C)C)cc2)c2ccc(C(C)(C)C)cc2)cc1. The highest BCUT2D eigenvalue weighted by molar-refractivity contribution is 5.81. The zero-order valence-corrected chi connectivity index (χ0v) is 29.4. The van der Waals surface area contributed by atoms with Gasteiger partial charge in [0.15, 0.2) is 0 Å². The molecule has 0 atom stereocenters. The topological polar surface area (TPSA) is 35.5 Å². The van der Waals surface area contributed by atoms with Gasteiger partial charge in [0.05, 0.1) is 18.6 Å². The van der Waals surface area contributed by atoms with Crippen molar-refractivity contribution in [2.24, 2.45) is 0 Å². The van der Waals surface area contributed by atoms with Crippen LogP contribution in [0.2, 0.25) is 0 Å². The van der Waals surface area contributed by atoms with Gasteiger partial charge in [0.25, 0.3) is 0 Å². The molecule has 0 N–H and O–H groups in total. The second kappa shape index (κ2) is 13.7. The fourth-order valence-electron chi connectivity index (χ4n) is 5.94. The summed E-state index contributed by atoms with van der Waals surface area (Å²) in [6.07, 6.45) is 1.78. The quantitative estimate of drug-likeness (QED) is 0.0770. The summed E-state index contributed by atoms with van der Waals surface area (Å²) in [5.74, 6) is 0.365. The lowest BCUT2D eigenvalue weighted by molar-refractivity contribution is -0.137. The van der Waals surface area contributed by atoms with Gasteiger partial charge in [0.2, 0.25) is 0 Å². The van der Waals surface area contributed by atoms with Crippen molar-refractivity contribution in [1.82, 2.24) is 0 Å². The van der Waals surface area contributed by atoms with Crippen LogP contribution in [0.5, 0.6) is 5.75 Å². The number of hydrogen-bond acceptors (Lipinski definition) is 3. The molecule has 0 aliphatic carbocycles. The highest BCUT2D eigenvalue weighted by Crippen LogP contribution is 2.47. The summed E-state index contributed by atoms with van der Waals surface area (Å²) >= 11 is 0. The van der Waals surface area contributed by atoms with Gasteiger partial charge in [-0.1, -0.05) is 154 Å². The number of rotatable bonds is 10. The predicted octanol–water partition coefficient (Wildman–Crippen LogP) is 10.5. The molecule has 0 aliphatic rings. The molecule has 46 heavy (non-hydrogen) atoms. The van der Waals surface area contributed by atoms with Gasteiger partial charge >= 0.3 is 5.97 Å². The molecule has 0 radical (unpaired) electrons. The summed E-state index contributed by atoms with van der Waals surface area (Å²) in [5.41, 5.74) is 8.29. The summed E-state index contributed by atoms with van der Waals surface area (Å²) in [7, 11) is 0. The lowest BCUT2D eigenvalue weighted by Gasteiger charge is -2.38. The van der Waals surface area contributed by atoms with Crippen molar-refractivity contribution in [3.63, 3.8) is 0 Å². The number of benzene rings is 4. The number of carbonyl (C=O) groups excluding carboxylic acids is 1. The third-order valence-corrected chi connectivity index (χ3v) is 8.81. The molecular formula is C43H52O3. The van der Waals surface area contributed by atoms with Gasteiger partial charge in [0.1, 0.15) is 5.75 Å². The van der Waals surface area contributed by atoms with E-state index in [1.54, 1.807) is 0 Å². The molecule has 0 amide bonds. The second-order valence-corrected chi connectivity index (χ2v) is 15.3. The molecule has 4 rings (SSSR count). The summed E-state index contributed by atoms with van der Waals surface area (Å²) < 4.78 is 11.1. The zero-order valence-electron chi connectivity index (χ0n) is 29.4. The van der Waals surface area contributed by atoms with Crippen LogP contribution in [0.1, 0.15) is 108 Å². The maximum atomic E-state index is 11.3. The van der Waals surface area contributed by atoms with Crippen molar-refractivity contribution >= 4 is 5.97 Å². The molecule has 0 unspecified atom stereocenters. The Labute approximate surface area is 277 Å². The molecule has 0 bridgehead atoms. The van der Waals surface area contributed by atoms with E-state index in [-0.39, 0.29) is 16.2 Å². The Morgan fingerprint density at radius 3 is 1.13 bits per heavy atom. The molecule has 0 heterocycles. The van der Waals surface area contributed by atoms with E-state index in [1.165, 1.54) is 39.5 Å². The normalized spacial score (nSPS) is 12.5. The lowest BCUT2D eigenvalue weighted by Crippen LogP contribution is -2.31. The van der Waals surface area contributed by atoms with Crippen LogP contribution < -0.4 is 4.74 Å². The monoisotopic (exact) mass is 616 g/mol. The van der Waals surface area contributed by atoms with E-state index < -0.39 is 11.4 Å². The van der Waals surface area contributed by atoms with Crippen LogP contribution in [0, 0.1) is 0 Å². The second-order valence-electron chi connectivity index (χ2n) is 15.3. The van der Waals surface area contributed by atoms with E-state index in [0.29, 0.717) is 19.6 Å². The average Bonchev–Trinajstić information content (AvgIpc) is 3.01. The third-order valence-electron chi connectivity index (χ3n) is 8.81. The molecule has 3 nitrogen and oxygen atoms in total. The van der Waals surface area contributed by atoms with E-state index in [1.807, 2.05) is 0 Å². The van der Waals surface area contributed by atoms with Crippen LogP contribution in [-0.4, -0.2) is 19.2 Å². The van der Waals surface area contributed by atoms with Crippen molar-refractivity contribution in [2.45, 2.75) is 90.4 Å². The highest BCUT2D eigenvalue weighted by atomic mass is 16.5. The number of esters is 1. The van der Waals surface area contributed by atoms with E-state index in [2.05, 4.69) is 166 Å². The van der Waals surface area contributed by atoms with Crippen molar-refractivity contribution in [3.05, 3.63) is 149 Å². The molecule has 0 fully saturated rings. The minimum Gasteiger partial charge on any atom is -0.493 e. The third kappa shape index (κ3) is 7.81. The fourth-order valence-corrected chi connectivity index (χ4v) is 5.94. The number of ether oxygens (including phenoxy) is 2. The highest BCUT2D eigenvalue weighted by Gasteiger charge is 2.39. The Bertz CT molecular complexity index is 1450. The molecule has 0 aromatic heterocycles. The van der Waals surface area contributed by atoms with Crippen LogP contribution in [0.4, 0.5) is 0 Å². The Balaban J connectivity index is 1.88. The summed E-state index contributed by atoms with van der Waals surface area (Å²) in [5, 5.41) is 0. The van der Waals surface area contributed by atoms with Crippen molar-refractivity contribution < 1.29 is 14.3 Å². The van der Waals surface area contributed by atoms with Crippen LogP contribution in [0.3, 0.4) is 0 Å². The zero-order chi connectivity index (χ0) is 33.8. The first-order valence-electron chi connectivity index (χ1n) is 16.4. The molecular weight excluding hydrogens is 564 g/mol. The summed E-state index contributed by atoms with van der Waals surface area (Å²) in [6.45, 7) is 24.5. The van der Waals surface area contributed by atoms with E-state index in [0.717, 1.165) is 11.3 Å². The largest absolute Gasteiger partial charge is 0.493 e. The standard InChI is InChI=1S/C43H52O3/c1-11-39(44)46-30-12-29-45-38-27-25-37(26-28-38)43(34-19-13-31(14-20-34)40(2,3)4,35-21-15-32(16-22-35)41(5,6)7)36-23-17-33(18-24-36)42(8,9)10/h11,13-28H,1,12,29-30H2,2-10H3. The Morgan fingerprint density at radius 2 is 0.826 bits per heavy atom. The fraction of sp³-hybridized carbons (Fsp3) is 0.372. The maximum Gasteiger partial charge on any atom is 0.330 e. The van der Waals surface area contributed by atoms with Gasteiger partial charge < -0.3 is 9.47 Å². The van der Waals surface area contributed by atoms with Gasteiger partial charge in [-0.3, -0.25) is 0 Å². The van der Waals surface area contributed by atoms with Crippen molar-refractivity contribution in [3.8, 4) is 5.75 Å². The Morgan fingerprint density at radius 1 is 0.522 bits per heavy atom. The molecule has 0 aliphatic heterocycles. The van der Waals surface area contributed by atoms with Crippen molar-refractivity contribution in [2.75, 3.05) is 13.2 Å². The minimum atomic E-state index is -0.569. The van der Waals surface area contributed by atoms with E-state index in [4.69, 9.17) is 9.47 Å². The lowest BCUT2D eigenvalue weighted by atomic mass is 9.64. The number of carbonyl (C=O) groups is 1. The maximum absolute atomic E-state index is 11.3. The smallest absolute Gasteiger partial charge is 0.330 e. The molecule has 4 aromatic carbocycles. The van der Waals surface area contributed by atoms with Gasteiger partial charge in [-0.25, -0.2) is 4.79 Å². The Hall–Kier alpha value is -4.11. The first-order chi connectivity index (χ1) is 21.6. The van der Waals surface area contributed by atoms with Crippen LogP contribution >= 0.6 is 0 Å². The predicted molar refractivity (Wildman–Crippen MR) is 192 cm³/mol. The van der Waals surface area contributed by atoms with Gasteiger partial charge in [-0.05, 0) is 67.3 Å².